The molecule has 1 aromatic rings. The summed E-state index contributed by atoms with van der Waals surface area (Å²) in [7, 11) is 0.944. The lowest BCUT2D eigenvalue weighted by Crippen LogP contribution is -2.46. The second kappa shape index (κ2) is 9.58. The van der Waals surface area contributed by atoms with E-state index < -0.39 is 20.8 Å². The maximum atomic E-state index is 13.5. The molecule has 9 heteroatoms. The maximum absolute atomic E-state index is 13.5. The number of aliphatic hydroxyl groups is 1. The van der Waals surface area contributed by atoms with Crippen LogP contribution < -0.4 is 15.2 Å². The molecule has 174 valence electrons. The van der Waals surface area contributed by atoms with Gasteiger partial charge in [0.1, 0.15) is 6.61 Å². The Morgan fingerprint density at radius 1 is 1.19 bits per heavy atom. The number of aliphatic hydroxyl groups excluding tert-OH is 1. The molecular weight excluding hydrogens is 416 g/mol. The molecule has 0 bridgehead atoms. The Balaban J connectivity index is 2.33. The minimum absolute atomic E-state index is 0.0224. The van der Waals surface area contributed by atoms with E-state index in [1.54, 1.807) is 17.0 Å². The number of nitrogen functional groups attached to an aromatic ring is 1. The van der Waals surface area contributed by atoms with Crippen molar-refractivity contribution in [3.63, 3.8) is 0 Å². The number of ketones is 1. The fourth-order valence-corrected chi connectivity index (χ4v) is 4.48. The lowest BCUT2D eigenvalue weighted by Gasteiger charge is -2.38. The van der Waals surface area contributed by atoms with Crippen LogP contribution in [-0.4, -0.2) is 70.0 Å². The van der Waals surface area contributed by atoms with Gasteiger partial charge < -0.3 is 29.6 Å². The largest absolute Gasteiger partial charge is 0.493 e. The number of methoxy groups -OCH3 is 2. The van der Waals surface area contributed by atoms with Gasteiger partial charge in [0.2, 0.25) is 0 Å². The number of nitrogens with zero attached hydrogens (tertiary/aromatic N) is 1. The van der Waals surface area contributed by atoms with E-state index in [1.165, 1.54) is 14.2 Å². The van der Waals surface area contributed by atoms with Crippen LogP contribution in [0.1, 0.15) is 37.6 Å². The Bertz CT molecular complexity index is 821. The fraction of sp³-hybridized carbons (Fsp3) is 0.636. The molecule has 31 heavy (non-hydrogen) atoms. The first kappa shape index (κ1) is 25.2. The molecule has 1 amide bonds. The lowest BCUT2D eigenvalue weighted by atomic mass is 10.0. The van der Waals surface area contributed by atoms with E-state index in [2.05, 4.69) is 33.9 Å². The third kappa shape index (κ3) is 5.39. The third-order valence-corrected chi connectivity index (χ3v) is 11.0. The number of Topliss-reactive ketones (excluding diaryl/α,β-unsaturated/α-hetero) is 1. The van der Waals surface area contributed by atoms with Gasteiger partial charge in [-0.3, -0.25) is 9.59 Å². The van der Waals surface area contributed by atoms with Crippen molar-refractivity contribution in [2.75, 3.05) is 39.7 Å². The van der Waals surface area contributed by atoms with E-state index >= 15 is 0 Å². The number of amides is 1. The minimum atomic E-state index is -2.05. The van der Waals surface area contributed by atoms with Gasteiger partial charge in [0.05, 0.1) is 32.4 Å². The van der Waals surface area contributed by atoms with Crippen LogP contribution in [0.15, 0.2) is 12.1 Å². The molecule has 1 heterocycles. The van der Waals surface area contributed by atoms with Gasteiger partial charge >= 0.3 is 0 Å². The summed E-state index contributed by atoms with van der Waals surface area (Å²) in [4.78, 5) is 27.3. The summed E-state index contributed by atoms with van der Waals surface area (Å²) in [5.41, 5.74) is 6.69. The first-order chi connectivity index (χ1) is 14.4. The lowest BCUT2D eigenvalue weighted by molar-refractivity contribution is -0.125. The molecule has 3 N–H and O–H groups in total. The smallest absolute Gasteiger partial charge is 0.256 e. The zero-order valence-corrected chi connectivity index (χ0v) is 20.7. The molecule has 0 aromatic heterocycles. The number of rotatable bonds is 8. The summed E-state index contributed by atoms with van der Waals surface area (Å²) in [5, 5.41) is 9.35. The molecule has 1 fully saturated rings. The van der Waals surface area contributed by atoms with Gasteiger partial charge in [-0.25, -0.2) is 0 Å². The van der Waals surface area contributed by atoms with Gasteiger partial charge in [-0.15, -0.1) is 0 Å². The van der Waals surface area contributed by atoms with E-state index in [1.807, 2.05) is 0 Å². The van der Waals surface area contributed by atoms with Crippen molar-refractivity contribution >= 4 is 25.7 Å². The first-order valence-electron chi connectivity index (χ1n) is 10.5. The predicted molar refractivity (Wildman–Crippen MR) is 122 cm³/mol. The van der Waals surface area contributed by atoms with Gasteiger partial charge in [-0.1, -0.05) is 20.8 Å². The number of carbonyl (C=O) groups excluding carboxylic acids is 2. The van der Waals surface area contributed by atoms with Crippen molar-refractivity contribution in [2.24, 2.45) is 5.92 Å². The van der Waals surface area contributed by atoms with Crippen molar-refractivity contribution < 1.29 is 28.6 Å². The van der Waals surface area contributed by atoms with Crippen molar-refractivity contribution in [2.45, 2.75) is 51.4 Å². The normalized spacial score (nSPS) is 19.4. The molecular formula is C22H36N2O6Si. The highest BCUT2D eigenvalue weighted by Crippen LogP contribution is 2.38. The van der Waals surface area contributed by atoms with Crippen LogP contribution in [0.2, 0.25) is 18.1 Å². The summed E-state index contributed by atoms with van der Waals surface area (Å²) in [6.07, 6.45) is 0.451. The molecule has 0 unspecified atom stereocenters. The van der Waals surface area contributed by atoms with E-state index in [4.69, 9.17) is 19.6 Å². The van der Waals surface area contributed by atoms with Gasteiger partial charge in [-0.2, -0.15) is 0 Å². The average Bonchev–Trinajstić information content (AvgIpc) is 3.14. The Kier molecular flexibility index (Phi) is 7.78. The van der Waals surface area contributed by atoms with Crippen LogP contribution in [0.3, 0.4) is 0 Å². The topological polar surface area (TPSA) is 111 Å². The van der Waals surface area contributed by atoms with Crippen LogP contribution in [0.5, 0.6) is 11.5 Å². The van der Waals surface area contributed by atoms with Gasteiger partial charge in [-0.05, 0) is 30.6 Å². The minimum Gasteiger partial charge on any atom is -0.493 e. The van der Waals surface area contributed by atoms with E-state index in [9.17, 15) is 14.7 Å². The quantitative estimate of drug-likeness (QED) is 0.461. The molecule has 0 radical (unpaired) electrons. The predicted octanol–water partition coefficient (Wildman–Crippen LogP) is 2.70. The highest BCUT2D eigenvalue weighted by atomic mass is 28.4. The van der Waals surface area contributed by atoms with Crippen molar-refractivity contribution in [3.05, 3.63) is 17.7 Å². The maximum Gasteiger partial charge on any atom is 0.256 e. The highest BCUT2D eigenvalue weighted by molar-refractivity contribution is 6.74. The standard InChI is InChI=1S/C22H36N2O6Si/c1-22(2,3)31(6,7)30-13-15-8-14(18(26)12-25)11-24(15)21(27)16-9-19(28-4)20(29-5)10-17(16)23/h9-10,14-15,25H,8,11-13,23H2,1-7H3/t14-,15+/m1/s1. The Hall–Kier alpha value is -2.10. The average molecular weight is 453 g/mol. The molecule has 2 rings (SSSR count). The molecule has 0 saturated carbocycles. The zero-order valence-electron chi connectivity index (χ0n) is 19.7. The number of carbonyl (C=O) groups is 2. The molecule has 1 aromatic carbocycles. The summed E-state index contributed by atoms with van der Waals surface area (Å²) in [6, 6.07) is 2.83. The van der Waals surface area contributed by atoms with Crippen LogP contribution >= 0.6 is 0 Å². The van der Waals surface area contributed by atoms with Crippen LogP contribution in [0, 0.1) is 5.92 Å². The summed E-state index contributed by atoms with van der Waals surface area (Å²) in [5.74, 6) is -0.160. The number of likely N-dealkylation sites (tertiary alicyclic amines) is 1. The zero-order chi connectivity index (χ0) is 23.6. The van der Waals surface area contributed by atoms with Gasteiger partial charge in [0, 0.05) is 24.2 Å². The second-order valence-electron chi connectivity index (χ2n) is 9.53. The number of nitrogens with two attached hydrogens (primary N) is 1. The van der Waals surface area contributed by atoms with E-state index in [0.717, 1.165) is 0 Å². The number of ether oxygens (including phenoxy) is 2. The van der Waals surface area contributed by atoms with E-state index in [0.29, 0.717) is 24.5 Å². The summed E-state index contributed by atoms with van der Waals surface area (Å²) in [6.45, 7) is 10.8. The van der Waals surface area contributed by atoms with Crippen molar-refractivity contribution in [1.29, 1.82) is 0 Å². The molecule has 1 aliphatic rings. The van der Waals surface area contributed by atoms with E-state index in [-0.39, 0.29) is 40.6 Å². The van der Waals surface area contributed by atoms with Gasteiger partial charge in [0.15, 0.2) is 25.6 Å². The molecule has 1 aliphatic heterocycles. The molecule has 0 aliphatic carbocycles. The summed E-state index contributed by atoms with van der Waals surface area (Å²) >= 11 is 0. The number of hydrogen-bond acceptors (Lipinski definition) is 7. The summed E-state index contributed by atoms with van der Waals surface area (Å²) < 4.78 is 16.9. The number of anilines is 1. The van der Waals surface area contributed by atoms with Crippen LogP contribution in [-0.2, 0) is 9.22 Å². The third-order valence-electron chi connectivity index (χ3n) is 6.52. The SMILES string of the molecule is COc1cc(N)c(C(=O)N2C[C@H](C(=O)CO)C[C@H]2CO[Si](C)(C)C(C)(C)C)cc1OC. The van der Waals surface area contributed by atoms with Crippen LogP contribution in [0.25, 0.3) is 0 Å². The van der Waals surface area contributed by atoms with Crippen molar-refractivity contribution in [1.82, 2.24) is 4.90 Å². The molecule has 1 saturated heterocycles. The first-order valence-corrected chi connectivity index (χ1v) is 13.4. The highest BCUT2D eigenvalue weighted by Gasteiger charge is 2.42. The van der Waals surface area contributed by atoms with Crippen molar-refractivity contribution in [3.8, 4) is 11.5 Å². The second-order valence-corrected chi connectivity index (χ2v) is 14.3. The number of benzene rings is 1. The van der Waals surface area contributed by atoms with Gasteiger partial charge in [0.25, 0.3) is 5.91 Å². The monoisotopic (exact) mass is 452 g/mol. The van der Waals surface area contributed by atoms with Crippen LogP contribution in [0.4, 0.5) is 5.69 Å². The Morgan fingerprint density at radius 2 is 1.77 bits per heavy atom. The Labute approximate surface area is 185 Å². The Morgan fingerprint density at radius 3 is 2.29 bits per heavy atom. The fourth-order valence-electron chi connectivity index (χ4n) is 3.44. The molecule has 0 spiro atoms. The molecule has 2 atom stereocenters. The molecule has 8 nitrogen and oxygen atoms in total. The number of hydrogen-bond donors (Lipinski definition) is 2.